The molecule has 0 aliphatic heterocycles. The van der Waals surface area contributed by atoms with Gasteiger partial charge in [0, 0.05) is 38.1 Å². The Hall–Kier alpha value is -1.03. The molecule has 1 aromatic rings. The topological polar surface area (TPSA) is 33.1 Å². The van der Waals surface area contributed by atoms with Crippen LogP contribution >= 0.6 is 0 Å². The fourth-order valence-electron chi connectivity index (χ4n) is 1.92. The molecule has 2 rings (SSSR count). The molecule has 0 bridgehead atoms. The average molecular weight is 236 g/mol. The Morgan fingerprint density at radius 2 is 2.29 bits per heavy atom. The molecular formula is C13H24N4. The van der Waals surface area contributed by atoms with Crippen molar-refractivity contribution in [2.75, 3.05) is 25.5 Å². The quantitative estimate of drug-likeness (QED) is 0.786. The van der Waals surface area contributed by atoms with Crippen molar-refractivity contribution < 1.29 is 0 Å². The zero-order valence-electron chi connectivity index (χ0n) is 11.2. The van der Waals surface area contributed by atoms with E-state index in [1.54, 1.807) is 0 Å². The molecule has 1 heterocycles. The zero-order valence-corrected chi connectivity index (χ0v) is 11.2. The summed E-state index contributed by atoms with van der Waals surface area (Å²) in [5.41, 5.74) is 0. The Labute approximate surface area is 104 Å². The number of aromatic nitrogens is 2. The molecule has 0 amide bonds. The number of rotatable bonds is 7. The van der Waals surface area contributed by atoms with Crippen molar-refractivity contribution in [3.63, 3.8) is 0 Å². The first-order valence-electron chi connectivity index (χ1n) is 6.62. The standard InChI is InChI=1S/C13H24N4/c1-11(2)10-15-13-14-6-7-17(13)9-8-16(3)12-4-5-12/h6-7,11-12H,4-5,8-10H2,1-3H3,(H,14,15). The highest BCUT2D eigenvalue weighted by Gasteiger charge is 2.25. The second kappa shape index (κ2) is 5.54. The molecule has 1 saturated carbocycles. The van der Waals surface area contributed by atoms with E-state index in [1.807, 2.05) is 6.20 Å². The third-order valence-corrected chi connectivity index (χ3v) is 3.25. The van der Waals surface area contributed by atoms with Crippen LogP contribution in [0.4, 0.5) is 5.95 Å². The summed E-state index contributed by atoms with van der Waals surface area (Å²) in [5.74, 6) is 1.65. The summed E-state index contributed by atoms with van der Waals surface area (Å²) in [7, 11) is 2.22. The van der Waals surface area contributed by atoms with Gasteiger partial charge in [-0.2, -0.15) is 0 Å². The van der Waals surface area contributed by atoms with Crippen molar-refractivity contribution in [2.45, 2.75) is 39.3 Å². The molecule has 0 saturated heterocycles. The lowest BCUT2D eigenvalue weighted by molar-refractivity contribution is 0.310. The maximum atomic E-state index is 4.36. The molecule has 0 aromatic carbocycles. The Morgan fingerprint density at radius 1 is 1.53 bits per heavy atom. The van der Waals surface area contributed by atoms with Crippen LogP contribution in [-0.2, 0) is 6.54 Å². The zero-order chi connectivity index (χ0) is 12.3. The molecule has 0 unspecified atom stereocenters. The number of nitrogens with one attached hydrogen (secondary N) is 1. The molecule has 1 aliphatic rings. The predicted octanol–water partition coefficient (Wildman–Crippen LogP) is 2.05. The molecule has 1 aromatic heterocycles. The van der Waals surface area contributed by atoms with E-state index < -0.39 is 0 Å². The maximum absolute atomic E-state index is 4.36. The number of hydrogen-bond donors (Lipinski definition) is 1. The number of anilines is 1. The van der Waals surface area contributed by atoms with Gasteiger partial charge in [-0.3, -0.25) is 0 Å². The van der Waals surface area contributed by atoms with E-state index in [2.05, 4.69) is 46.9 Å². The fraction of sp³-hybridized carbons (Fsp3) is 0.769. The second-order valence-electron chi connectivity index (χ2n) is 5.43. The van der Waals surface area contributed by atoms with Crippen LogP contribution in [0.25, 0.3) is 0 Å². The Balaban J connectivity index is 1.80. The monoisotopic (exact) mass is 236 g/mol. The minimum absolute atomic E-state index is 0.647. The summed E-state index contributed by atoms with van der Waals surface area (Å²) in [6.07, 6.45) is 6.68. The van der Waals surface area contributed by atoms with Crippen LogP contribution in [0.1, 0.15) is 26.7 Å². The largest absolute Gasteiger partial charge is 0.355 e. The van der Waals surface area contributed by atoms with Gasteiger partial charge in [-0.1, -0.05) is 13.8 Å². The van der Waals surface area contributed by atoms with Crippen LogP contribution in [0, 0.1) is 5.92 Å². The first kappa shape index (κ1) is 12.4. The second-order valence-corrected chi connectivity index (χ2v) is 5.43. The molecule has 1 fully saturated rings. The lowest BCUT2D eigenvalue weighted by Crippen LogP contribution is -2.25. The summed E-state index contributed by atoms with van der Waals surface area (Å²) in [6.45, 7) is 7.53. The van der Waals surface area contributed by atoms with Gasteiger partial charge in [0.05, 0.1) is 0 Å². The minimum Gasteiger partial charge on any atom is -0.355 e. The summed E-state index contributed by atoms with van der Waals surface area (Å²) < 4.78 is 2.21. The molecule has 4 nitrogen and oxygen atoms in total. The Morgan fingerprint density at radius 3 is 2.94 bits per heavy atom. The molecular weight excluding hydrogens is 212 g/mol. The van der Waals surface area contributed by atoms with E-state index >= 15 is 0 Å². The van der Waals surface area contributed by atoms with Gasteiger partial charge in [-0.25, -0.2) is 4.98 Å². The molecule has 0 spiro atoms. The van der Waals surface area contributed by atoms with E-state index in [1.165, 1.54) is 12.8 Å². The lowest BCUT2D eigenvalue weighted by atomic mass is 10.2. The van der Waals surface area contributed by atoms with Crippen LogP contribution in [0.3, 0.4) is 0 Å². The van der Waals surface area contributed by atoms with E-state index in [0.29, 0.717) is 5.92 Å². The van der Waals surface area contributed by atoms with Gasteiger partial charge in [0.15, 0.2) is 0 Å². The molecule has 0 radical (unpaired) electrons. The molecule has 0 atom stereocenters. The molecule has 1 N–H and O–H groups in total. The van der Waals surface area contributed by atoms with E-state index in [-0.39, 0.29) is 0 Å². The highest BCUT2D eigenvalue weighted by Crippen LogP contribution is 2.25. The molecule has 4 heteroatoms. The number of likely N-dealkylation sites (N-methyl/N-ethyl adjacent to an activating group) is 1. The SMILES string of the molecule is CC(C)CNc1nccn1CCN(C)C1CC1. The highest BCUT2D eigenvalue weighted by atomic mass is 15.2. The van der Waals surface area contributed by atoms with Crippen molar-refractivity contribution in [1.29, 1.82) is 0 Å². The summed E-state index contributed by atoms with van der Waals surface area (Å²) in [6, 6.07) is 0.839. The number of imidazole rings is 1. The first-order chi connectivity index (χ1) is 8.16. The van der Waals surface area contributed by atoms with Crippen molar-refractivity contribution >= 4 is 5.95 Å². The van der Waals surface area contributed by atoms with Gasteiger partial charge < -0.3 is 14.8 Å². The number of hydrogen-bond acceptors (Lipinski definition) is 3. The first-order valence-corrected chi connectivity index (χ1v) is 6.62. The summed E-state index contributed by atoms with van der Waals surface area (Å²) in [5, 5.41) is 3.39. The summed E-state index contributed by atoms with van der Waals surface area (Å²) >= 11 is 0. The van der Waals surface area contributed by atoms with Crippen LogP contribution in [0.15, 0.2) is 12.4 Å². The fourth-order valence-corrected chi connectivity index (χ4v) is 1.92. The van der Waals surface area contributed by atoms with Gasteiger partial charge in [0.2, 0.25) is 5.95 Å². The summed E-state index contributed by atoms with van der Waals surface area (Å²) in [4.78, 5) is 6.81. The van der Waals surface area contributed by atoms with Crippen LogP contribution in [0.2, 0.25) is 0 Å². The van der Waals surface area contributed by atoms with Crippen molar-refractivity contribution in [3.8, 4) is 0 Å². The maximum Gasteiger partial charge on any atom is 0.202 e. The van der Waals surface area contributed by atoms with E-state index in [0.717, 1.165) is 31.6 Å². The van der Waals surface area contributed by atoms with Crippen LogP contribution < -0.4 is 5.32 Å². The van der Waals surface area contributed by atoms with Gasteiger partial charge in [0.25, 0.3) is 0 Å². The smallest absolute Gasteiger partial charge is 0.202 e. The van der Waals surface area contributed by atoms with Crippen molar-refractivity contribution in [3.05, 3.63) is 12.4 Å². The van der Waals surface area contributed by atoms with Gasteiger partial charge in [-0.15, -0.1) is 0 Å². The Bertz CT molecular complexity index is 341. The molecule has 17 heavy (non-hydrogen) atoms. The van der Waals surface area contributed by atoms with E-state index in [9.17, 15) is 0 Å². The highest BCUT2D eigenvalue weighted by molar-refractivity contribution is 5.25. The third kappa shape index (κ3) is 3.73. The normalized spacial score (nSPS) is 15.8. The Kier molecular flexibility index (Phi) is 4.05. The lowest BCUT2D eigenvalue weighted by Gasteiger charge is -2.17. The van der Waals surface area contributed by atoms with Gasteiger partial charge in [0.1, 0.15) is 0 Å². The predicted molar refractivity (Wildman–Crippen MR) is 71.2 cm³/mol. The van der Waals surface area contributed by atoms with E-state index in [4.69, 9.17) is 0 Å². The van der Waals surface area contributed by atoms with Crippen molar-refractivity contribution in [1.82, 2.24) is 14.5 Å². The number of nitrogens with zero attached hydrogens (tertiary/aromatic N) is 3. The minimum atomic E-state index is 0.647. The molecule has 1 aliphatic carbocycles. The average Bonchev–Trinajstić information content (AvgIpc) is 3.04. The van der Waals surface area contributed by atoms with Crippen LogP contribution in [0.5, 0.6) is 0 Å². The molecule has 96 valence electrons. The van der Waals surface area contributed by atoms with Gasteiger partial charge in [-0.05, 0) is 25.8 Å². The van der Waals surface area contributed by atoms with Crippen molar-refractivity contribution in [2.24, 2.45) is 5.92 Å². The van der Waals surface area contributed by atoms with Gasteiger partial charge >= 0.3 is 0 Å². The van der Waals surface area contributed by atoms with Crippen LogP contribution in [-0.4, -0.2) is 40.6 Å². The third-order valence-electron chi connectivity index (χ3n) is 3.25.